The van der Waals surface area contributed by atoms with Gasteiger partial charge in [0.2, 0.25) is 5.78 Å². The van der Waals surface area contributed by atoms with Crippen LogP contribution in [0.15, 0.2) is 48.5 Å². The quantitative estimate of drug-likeness (QED) is 0.394. The molecule has 0 saturated heterocycles. The van der Waals surface area contributed by atoms with E-state index >= 15 is 0 Å². The highest BCUT2D eigenvalue weighted by Gasteiger charge is 2.24. The molecule has 4 rings (SSSR count). The van der Waals surface area contributed by atoms with Gasteiger partial charge in [0.25, 0.3) is 0 Å². The topological polar surface area (TPSA) is 66.8 Å². The number of hydrogen-bond acceptors (Lipinski definition) is 5. The van der Waals surface area contributed by atoms with E-state index in [2.05, 4.69) is 0 Å². The molecule has 166 valence electrons. The Kier molecular flexibility index (Phi) is 6.19. The molecule has 1 aliphatic heterocycles. The van der Waals surface area contributed by atoms with Gasteiger partial charge in [0.05, 0.1) is 17.1 Å². The fraction of sp³-hybridized carbons (Fsp3) is 0.250. The van der Waals surface area contributed by atoms with Crippen LogP contribution < -0.4 is 9.47 Å². The standard InChI is InChI=1S/C24H21ClFNO5/c1-14-9-19(21(28)13-31-24(29)18-8-7-16(26)10-20(18)25)15(2)27(14)11-17-12-30-22-5-3-4-6-23(22)32-17/h3-10,17H,11-13H2,1-2H3. The summed E-state index contributed by atoms with van der Waals surface area (Å²) in [6.45, 7) is 4.17. The molecule has 32 heavy (non-hydrogen) atoms. The molecule has 3 aromatic rings. The molecule has 2 heterocycles. The number of carbonyl (C=O) groups is 2. The molecule has 6 nitrogen and oxygen atoms in total. The lowest BCUT2D eigenvalue weighted by molar-refractivity contribution is 0.0474. The van der Waals surface area contributed by atoms with E-state index in [1.807, 2.05) is 42.7 Å². The Hall–Kier alpha value is -3.32. The summed E-state index contributed by atoms with van der Waals surface area (Å²) in [7, 11) is 0. The van der Waals surface area contributed by atoms with Crippen LogP contribution in [0.1, 0.15) is 32.1 Å². The number of carbonyl (C=O) groups excluding carboxylic acids is 2. The second kappa shape index (κ2) is 9.04. The minimum Gasteiger partial charge on any atom is -0.486 e. The lowest BCUT2D eigenvalue weighted by Gasteiger charge is -2.27. The van der Waals surface area contributed by atoms with Gasteiger partial charge in [-0.15, -0.1) is 0 Å². The molecule has 1 atom stereocenters. The molecule has 0 bridgehead atoms. The van der Waals surface area contributed by atoms with E-state index in [1.54, 1.807) is 6.07 Å². The van der Waals surface area contributed by atoms with Crippen molar-refractivity contribution in [2.45, 2.75) is 26.5 Å². The maximum absolute atomic E-state index is 13.2. The van der Waals surface area contributed by atoms with E-state index in [9.17, 15) is 14.0 Å². The summed E-state index contributed by atoms with van der Waals surface area (Å²) in [5, 5.41) is -0.0723. The molecule has 0 aliphatic carbocycles. The number of aromatic nitrogens is 1. The van der Waals surface area contributed by atoms with E-state index in [0.717, 1.165) is 23.5 Å². The smallest absolute Gasteiger partial charge is 0.340 e. The minimum atomic E-state index is -0.788. The molecule has 2 aromatic carbocycles. The summed E-state index contributed by atoms with van der Waals surface area (Å²) in [6.07, 6.45) is -0.212. The van der Waals surface area contributed by atoms with Crippen molar-refractivity contribution in [2.75, 3.05) is 13.2 Å². The summed E-state index contributed by atoms with van der Waals surface area (Å²) < 4.78 is 32.0. The van der Waals surface area contributed by atoms with Crippen LogP contribution in [0, 0.1) is 19.7 Å². The number of nitrogens with zero attached hydrogens (tertiary/aromatic N) is 1. The third kappa shape index (κ3) is 4.48. The van der Waals surface area contributed by atoms with E-state index in [-0.39, 0.29) is 22.5 Å². The molecule has 0 saturated carbocycles. The van der Waals surface area contributed by atoms with Crippen LogP contribution in [0.4, 0.5) is 4.39 Å². The van der Waals surface area contributed by atoms with Crippen LogP contribution in [0.3, 0.4) is 0 Å². The maximum Gasteiger partial charge on any atom is 0.340 e. The van der Waals surface area contributed by atoms with Crippen LogP contribution in [-0.2, 0) is 11.3 Å². The van der Waals surface area contributed by atoms with Crippen LogP contribution in [0.2, 0.25) is 5.02 Å². The average Bonchev–Trinajstić information content (AvgIpc) is 3.05. The van der Waals surface area contributed by atoms with Crippen molar-refractivity contribution in [3.05, 3.63) is 81.9 Å². The van der Waals surface area contributed by atoms with Crippen molar-refractivity contribution in [1.29, 1.82) is 0 Å². The highest BCUT2D eigenvalue weighted by atomic mass is 35.5. The summed E-state index contributed by atoms with van der Waals surface area (Å²) in [5.41, 5.74) is 2.07. The Morgan fingerprint density at radius 2 is 1.88 bits per heavy atom. The highest BCUT2D eigenvalue weighted by Crippen LogP contribution is 2.31. The SMILES string of the molecule is Cc1cc(C(=O)COC(=O)c2ccc(F)cc2Cl)c(C)n1CC1COc2ccccc2O1. The van der Waals surface area contributed by atoms with Crippen LogP contribution in [-0.4, -0.2) is 35.6 Å². The number of para-hydroxylation sites is 2. The third-order valence-corrected chi connectivity index (χ3v) is 5.63. The van der Waals surface area contributed by atoms with Gasteiger partial charge in [-0.1, -0.05) is 23.7 Å². The molecule has 1 aliphatic rings. The summed E-state index contributed by atoms with van der Waals surface area (Å²) in [5.74, 6) is -0.297. The number of esters is 1. The number of ketones is 1. The van der Waals surface area contributed by atoms with Crippen LogP contribution in [0.5, 0.6) is 11.5 Å². The van der Waals surface area contributed by atoms with E-state index < -0.39 is 18.4 Å². The Morgan fingerprint density at radius 1 is 1.12 bits per heavy atom. The maximum atomic E-state index is 13.2. The molecule has 8 heteroatoms. The van der Waals surface area contributed by atoms with Crippen molar-refractivity contribution in [3.8, 4) is 11.5 Å². The zero-order valence-corrected chi connectivity index (χ0v) is 18.3. The fourth-order valence-corrected chi connectivity index (χ4v) is 3.91. The molecule has 0 radical (unpaired) electrons. The van der Waals surface area contributed by atoms with Gasteiger partial charge in [-0.3, -0.25) is 4.79 Å². The van der Waals surface area contributed by atoms with Gasteiger partial charge < -0.3 is 18.8 Å². The van der Waals surface area contributed by atoms with Gasteiger partial charge in [-0.2, -0.15) is 0 Å². The Morgan fingerprint density at radius 3 is 2.62 bits per heavy atom. The Labute approximate surface area is 189 Å². The number of ether oxygens (including phenoxy) is 3. The van der Waals surface area contributed by atoms with E-state index in [1.165, 1.54) is 6.07 Å². The largest absolute Gasteiger partial charge is 0.486 e. The molecular formula is C24H21ClFNO5. The highest BCUT2D eigenvalue weighted by molar-refractivity contribution is 6.33. The number of benzene rings is 2. The van der Waals surface area contributed by atoms with E-state index in [0.29, 0.717) is 30.2 Å². The van der Waals surface area contributed by atoms with Gasteiger partial charge in [0, 0.05) is 17.0 Å². The normalized spacial score (nSPS) is 14.8. The molecular weight excluding hydrogens is 437 g/mol. The van der Waals surface area contributed by atoms with Gasteiger partial charge >= 0.3 is 5.97 Å². The number of halogens is 2. The first-order valence-corrected chi connectivity index (χ1v) is 10.4. The molecule has 0 N–H and O–H groups in total. The second-order valence-corrected chi connectivity index (χ2v) is 7.92. The number of rotatable bonds is 6. The lowest BCUT2D eigenvalue weighted by Crippen LogP contribution is -2.33. The average molecular weight is 458 g/mol. The van der Waals surface area contributed by atoms with Crippen molar-refractivity contribution < 1.29 is 28.2 Å². The lowest BCUT2D eigenvalue weighted by atomic mass is 10.1. The molecule has 0 fully saturated rings. The monoisotopic (exact) mass is 457 g/mol. The molecule has 1 unspecified atom stereocenters. The minimum absolute atomic E-state index is 0.000989. The zero-order valence-electron chi connectivity index (χ0n) is 17.6. The van der Waals surface area contributed by atoms with Gasteiger partial charge in [-0.05, 0) is 50.2 Å². The Bertz CT molecular complexity index is 1190. The first kappa shape index (κ1) is 21.9. The number of aryl methyl sites for hydroxylation is 1. The number of hydrogen-bond donors (Lipinski definition) is 0. The molecule has 1 aromatic heterocycles. The number of fused-ring (bicyclic) bond motifs is 1. The van der Waals surface area contributed by atoms with Gasteiger partial charge in [0.15, 0.2) is 24.2 Å². The van der Waals surface area contributed by atoms with E-state index in [4.69, 9.17) is 25.8 Å². The van der Waals surface area contributed by atoms with Crippen LogP contribution in [0.25, 0.3) is 0 Å². The summed E-state index contributed by atoms with van der Waals surface area (Å²) in [6, 6.07) is 12.6. The zero-order chi connectivity index (χ0) is 22.8. The van der Waals surface area contributed by atoms with Crippen molar-refractivity contribution in [1.82, 2.24) is 4.57 Å². The fourth-order valence-electron chi connectivity index (χ4n) is 3.66. The number of Topliss-reactive ketones (excluding diaryl/α,β-unsaturated/α-hetero) is 1. The molecule has 0 amide bonds. The van der Waals surface area contributed by atoms with Crippen molar-refractivity contribution in [2.24, 2.45) is 0 Å². The summed E-state index contributed by atoms with van der Waals surface area (Å²) in [4.78, 5) is 24.9. The van der Waals surface area contributed by atoms with Gasteiger partial charge in [0.1, 0.15) is 12.4 Å². The Balaban J connectivity index is 1.42. The first-order valence-electron chi connectivity index (χ1n) is 10.0. The second-order valence-electron chi connectivity index (χ2n) is 7.52. The summed E-state index contributed by atoms with van der Waals surface area (Å²) >= 11 is 5.88. The van der Waals surface area contributed by atoms with Crippen LogP contribution >= 0.6 is 11.6 Å². The predicted molar refractivity (Wildman–Crippen MR) is 116 cm³/mol. The molecule has 0 spiro atoms. The van der Waals surface area contributed by atoms with Crippen molar-refractivity contribution >= 4 is 23.4 Å². The third-order valence-electron chi connectivity index (χ3n) is 5.31. The first-order chi connectivity index (χ1) is 15.3. The predicted octanol–water partition coefficient (Wildman–Crippen LogP) is 4.78. The van der Waals surface area contributed by atoms with Gasteiger partial charge in [-0.25, -0.2) is 9.18 Å². The van der Waals surface area contributed by atoms with Crippen molar-refractivity contribution in [3.63, 3.8) is 0 Å².